The highest BCUT2D eigenvalue weighted by Gasteiger charge is 2.29. The predicted octanol–water partition coefficient (Wildman–Crippen LogP) is 3.58. The summed E-state index contributed by atoms with van der Waals surface area (Å²) in [5.41, 5.74) is 0.685. The number of thiazole rings is 1. The molecule has 2 aliphatic rings. The maximum atomic E-state index is 12.6. The Bertz CT molecular complexity index is 683. The van der Waals surface area contributed by atoms with Gasteiger partial charge in [0.15, 0.2) is 0 Å². The summed E-state index contributed by atoms with van der Waals surface area (Å²) in [6, 6.07) is 7.24. The molecular formula is C18H20N2O3S. The number of likely N-dealkylation sites (tertiary alicyclic amines) is 1. The minimum Gasteiger partial charge on any atom is -0.431 e. The van der Waals surface area contributed by atoms with Gasteiger partial charge in [-0.05, 0) is 49.4 Å². The van der Waals surface area contributed by atoms with E-state index in [1.807, 2.05) is 34.5 Å². The van der Waals surface area contributed by atoms with Crippen LogP contribution in [-0.4, -0.2) is 41.6 Å². The zero-order valence-electron chi connectivity index (χ0n) is 13.4. The van der Waals surface area contributed by atoms with Crippen molar-refractivity contribution in [2.45, 2.75) is 25.4 Å². The van der Waals surface area contributed by atoms with Gasteiger partial charge in [0.2, 0.25) is 0 Å². The normalized spacial score (nSPS) is 20.3. The first-order valence-electron chi connectivity index (χ1n) is 8.36. The highest BCUT2D eigenvalue weighted by molar-refractivity contribution is 7.11. The Morgan fingerprint density at radius 1 is 1.25 bits per heavy atom. The molecule has 5 nitrogen and oxygen atoms in total. The molecular weight excluding hydrogens is 324 g/mol. The molecule has 1 atom stereocenters. The van der Waals surface area contributed by atoms with Gasteiger partial charge in [-0.15, -0.1) is 0 Å². The van der Waals surface area contributed by atoms with E-state index in [0.717, 1.165) is 25.5 Å². The number of hydrogen-bond acceptors (Lipinski definition) is 5. The molecule has 1 aliphatic carbocycles. The second-order valence-corrected chi connectivity index (χ2v) is 7.22. The lowest BCUT2D eigenvalue weighted by atomic mass is 10.2. The standard InChI is InChI=1S/C18H20N2O3S/c21-17(20-9-7-16(11-20)22-12-13-1-2-13)14-3-5-15(6-4-14)23-18-19-8-10-24-18/h3-6,8,10,13,16H,1-2,7,9,11-12H2. The summed E-state index contributed by atoms with van der Waals surface area (Å²) in [5, 5.41) is 2.46. The van der Waals surface area contributed by atoms with Crippen LogP contribution < -0.4 is 4.74 Å². The molecule has 1 aromatic carbocycles. The fourth-order valence-electron chi connectivity index (χ4n) is 2.82. The third kappa shape index (κ3) is 3.76. The van der Waals surface area contributed by atoms with Crippen molar-refractivity contribution >= 4 is 17.2 Å². The number of ether oxygens (including phenoxy) is 2. The van der Waals surface area contributed by atoms with Gasteiger partial charge < -0.3 is 14.4 Å². The van der Waals surface area contributed by atoms with Gasteiger partial charge in [-0.1, -0.05) is 11.3 Å². The number of rotatable bonds is 6. The number of carbonyl (C=O) groups excluding carboxylic acids is 1. The van der Waals surface area contributed by atoms with Gasteiger partial charge in [0.05, 0.1) is 6.10 Å². The van der Waals surface area contributed by atoms with E-state index in [4.69, 9.17) is 9.47 Å². The first-order chi connectivity index (χ1) is 11.8. The summed E-state index contributed by atoms with van der Waals surface area (Å²) in [4.78, 5) is 18.6. The van der Waals surface area contributed by atoms with Crippen molar-refractivity contribution in [2.24, 2.45) is 5.92 Å². The van der Waals surface area contributed by atoms with Crippen molar-refractivity contribution in [3.8, 4) is 10.9 Å². The lowest BCUT2D eigenvalue weighted by Gasteiger charge is -2.17. The molecule has 1 amide bonds. The first kappa shape index (κ1) is 15.6. The van der Waals surface area contributed by atoms with Gasteiger partial charge in [0, 0.05) is 36.8 Å². The van der Waals surface area contributed by atoms with Gasteiger partial charge in [0.25, 0.3) is 11.1 Å². The number of carbonyl (C=O) groups is 1. The van der Waals surface area contributed by atoms with Crippen LogP contribution in [0.3, 0.4) is 0 Å². The van der Waals surface area contributed by atoms with Crippen LogP contribution in [0.4, 0.5) is 0 Å². The quantitative estimate of drug-likeness (QED) is 0.804. The van der Waals surface area contributed by atoms with Crippen molar-refractivity contribution in [2.75, 3.05) is 19.7 Å². The van der Waals surface area contributed by atoms with Gasteiger partial charge in [-0.2, -0.15) is 0 Å². The van der Waals surface area contributed by atoms with E-state index >= 15 is 0 Å². The Balaban J connectivity index is 1.32. The summed E-state index contributed by atoms with van der Waals surface area (Å²) in [6.07, 6.45) is 5.42. The van der Waals surface area contributed by atoms with Crippen molar-refractivity contribution in [1.29, 1.82) is 0 Å². The Kier molecular flexibility index (Phi) is 4.49. The summed E-state index contributed by atoms with van der Waals surface area (Å²) in [5.74, 6) is 1.52. The summed E-state index contributed by atoms with van der Waals surface area (Å²) in [6.45, 7) is 2.32. The number of aromatic nitrogens is 1. The molecule has 4 rings (SSSR count). The third-order valence-electron chi connectivity index (χ3n) is 4.41. The molecule has 2 aromatic rings. The van der Waals surface area contributed by atoms with Crippen LogP contribution in [0.25, 0.3) is 0 Å². The Labute approximate surface area is 145 Å². The molecule has 1 unspecified atom stereocenters. The van der Waals surface area contributed by atoms with Crippen molar-refractivity contribution in [3.05, 3.63) is 41.4 Å². The number of nitrogens with zero attached hydrogens (tertiary/aromatic N) is 2. The molecule has 1 aromatic heterocycles. The second-order valence-electron chi connectivity index (χ2n) is 6.36. The highest BCUT2D eigenvalue weighted by atomic mass is 32.1. The van der Waals surface area contributed by atoms with E-state index in [-0.39, 0.29) is 12.0 Å². The lowest BCUT2D eigenvalue weighted by molar-refractivity contribution is 0.0480. The van der Waals surface area contributed by atoms with Crippen molar-refractivity contribution < 1.29 is 14.3 Å². The maximum absolute atomic E-state index is 12.6. The van der Waals surface area contributed by atoms with E-state index in [1.54, 1.807) is 6.20 Å². The summed E-state index contributed by atoms with van der Waals surface area (Å²) >= 11 is 1.44. The molecule has 2 fully saturated rings. The topological polar surface area (TPSA) is 51.7 Å². The summed E-state index contributed by atoms with van der Waals surface area (Å²) < 4.78 is 11.5. The molecule has 0 spiro atoms. The largest absolute Gasteiger partial charge is 0.431 e. The molecule has 1 saturated carbocycles. The van der Waals surface area contributed by atoms with Gasteiger partial charge in [0.1, 0.15) is 5.75 Å². The Morgan fingerprint density at radius 2 is 2.08 bits per heavy atom. The minimum atomic E-state index is 0.0633. The van der Waals surface area contributed by atoms with Crippen LogP contribution >= 0.6 is 11.3 Å². The van der Waals surface area contributed by atoms with Crippen LogP contribution in [0, 0.1) is 5.92 Å². The van der Waals surface area contributed by atoms with Crippen molar-refractivity contribution in [1.82, 2.24) is 9.88 Å². The van der Waals surface area contributed by atoms with Crippen LogP contribution in [0.1, 0.15) is 29.6 Å². The van der Waals surface area contributed by atoms with E-state index in [0.29, 0.717) is 23.1 Å². The molecule has 0 N–H and O–H groups in total. The molecule has 126 valence electrons. The fraction of sp³-hybridized carbons (Fsp3) is 0.444. The third-order valence-corrected chi connectivity index (χ3v) is 5.06. The van der Waals surface area contributed by atoms with Crippen molar-refractivity contribution in [3.63, 3.8) is 0 Å². The fourth-order valence-corrected chi connectivity index (χ4v) is 3.32. The molecule has 1 saturated heterocycles. The van der Waals surface area contributed by atoms with E-state index < -0.39 is 0 Å². The molecule has 6 heteroatoms. The molecule has 2 heterocycles. The average Bonchev–Trinajstić information content (AvgIpc) is 3.09. The van der Waals surface area contributed by atoms with E-state index in [9.17, 15) is 4.79 Å². The SMILES string of the molecule is O=C(c1ccc(Oc2nccs2)cc1)N1CCC(OCC2CC2)C1. The van der Waals surface area contributed by atoms with Gasteiger partial charge in [-0.3, -0.25) is 4.79 Å². The average molecular weight is 344 g/mol. The first-order valence-corrected chi connectivity index (χ1v) is 9.24. The minimum absolute atomic E-state index is 0.0633. The molecule has 1 aliphatic heterocycles. The number of benzene rings is 1. The van der Waals surface area contributed by atoms with Gasteiger partial charge >= 0.3 is 0 Å². The smallest absolute Gasteiger partial charge is 0.278 e. The predicted molar refractivity (Wildman–Crippen MR) is 91.6 cm³/mol. The Morgan fingerprint density at radius 3 is 2.79 bits per heavy atom. The highest BCUT2D eigenvalue weighted by Crippen LogP contribution is 2.30. The zero-order valence-corrected chi connectivity index (χ0v) is 14.2. The van der Waals surface area contributed by atoms with Crippen LogP contribution in [0.5, 0.6) is 10.9 Å². The van der Waals surface area contributed by atoms with E-state index in [2.05, 4.69) is 4.98 Å². The zero-order chi connectivity index (χ0) is 16.4. The Hall–Kier alpha value is -1.92. The molecule has 0 bridgehead atoms. The van der Waals surface area contributed by atoms with Gasteiger partial charge in [-0.25, -0.2) is 4.98 Å². The van der Waals surface area contributed by atoms with Crippen LogP contribution in [0.15, 0.2) is 35.8 Å². The van der Waals surface area contributed by atoms with Crippen LogP contribution in [0.2, 0.25) is 0 Å². The second kappa shape index (κ2) is 6.91. The monoisotopic (exact) mass is 344 g/mol. The molecule has 0 radical (unpaired) electrons. The molecule has 24 heavy (non-hydrogen) atoms. The maximum Gasteiger partial charge on any atom is 0.278 e. The number of hydrogen-bond donors (Lipinski definition) is 0. The lowest BCUT2D eigenvalue weighted by Crippen LogP contribution is -2.30. The van der Waals surface area contributed by atoms with Crippen LogP contribution in [-0.2, 0) is 4.74 Å². The van der Waals surface area contributed by atoms with E-state index in [1.165, 1.54) is 24.2 Å². The number of amides is 1. The summed E-state index contributed by atoms with van der Waals surface area (Å²) in [7, 11) is 0.